The summed E-state index contributed by atoms with van der Waals surface area (Å²) in [4.78, 5) is 22.9. The van der Waals surface area contributed by atoms with Crippen LogP contribution in [0.1, 0.15) is 28.9 Å². The topological polar surface area (TPSA) is 106 Å². The third-order valence-electron chi connectivity index (χ3n) is 4.52. The molecule has 1 amide bonds. The number of carbonyl (C=O) groups excluding carboxylic acids is 1. The van der Waals surface area contributed by atoms with Gasteiger partial charge in [-0.25, -0.2) is 23.5 Å². The van der Waals surface area contributed by atoms with Gasteiger partial charge in [-0.15, -0.1) is 0 Å². The Morgan fingerprint density at radius 2 is 1.57 bits per heavy atom. The molecule has 2 N–H and O–H groups in total. The normalized spacial score (nSPS) is 12.4. The predicted octanol–water partition coefficient (Wildman–Crippen LogP) is 2.62. The molecule has 0 fully saturated rings. The summed E-state index contributed by atoms with van der Waals surface area (Å²) in [6.07, 6.45) is 3.01. The first-order valence-corrected chi connectivity index (χ1v) is 10.1. The van der Waals surface area contributed by atoms with E-state index in [1.165, 1.54) is 24.5 Å². The minimum atomic E-state index is -3.75. The molecule has 8 heteroatoms. The van der Waals surface area contributed by atoms with E-state index in [-0.39, 0.29) is 16.8 Å². The molecule has 1 heterocycles. The van der Waals surface area contributed by atoms with Crippen LogP contribution in [0.5, 0.6) is 0 Å². The van der Waals surface area contributed by atoms with Crippen LogP contribution >= 0.6 is 0 Å². The van der Waals surface area contributed by atoms with Gasteiger partial charge in [0.25, 0.3) is 5.91 Å². The van der Waals surface area contributed by atoms with E-state index in [2.05, 4.69) is 9.97 Å². The number of benzene rings is 2. The largest absolute Gasteiger partial charge is 0.335 e. The standard InChI is InChI=1S/C20H20N4O3S/c1-14(15-8-10-18(11-9-15)28(21,26)27)24(2)20(25)17-12-22-19(23-13-17)16-6-4-3-5-7-16/h3-14H,1-2H3,(H2,21,26,27). The predicted molar refractivity (Wildman–Crippen MR) is 106 cm³/mol. The Hall–Kier alpha value is -3.10. The van der Waals surface area contributed by atoms with E-state index >= 15 is 0 Å². The highest BCUT2D eigenvalue weighted by molar-refractivity contribution is 7.89. The van der Waals surface area contributed by atoms with E-state index < -0.39 is 10.0 Å². The molecule has 0 aliphatic carbocycles. The fraction of sp³-hybridized carbons (Fsp3) is 0.150. The summed E-state index contributed by atoms with van der Waals surface area (Å²) in [5, 5.41) is 5.11. The highest BCUT2D eigenvalue weighted by Gasteiger charge is 2.20. The minimum absolute atomic E-state index is 0.0299. The minimum Gasteiger partial charge on any atom is -0.335 e. The van der Waals surface area contributed by atoms with Crippen LogP contribution in [-0.2, 0) is 10.0 Å². The van der Waals surface area contributed by atoms with Crippen LogP contribution in [0, 0.1) is 0 Å². The Balaban J connectivity index is 1.76. The lowest BCUT2D eigenvalue weighted by Gasteiger charge is -2.25. The van der Waals surface area contributed by atoms with Gasteiger partial charge in [-0.1, -0.05) is 42.5 Å². The Labute approximate surface area is 163 Å². The van der Waals surface area contributed by atoms with Crippen LogP contribution in [-0.4, -0.2) is 36.2 Å². The first-order chi connectivity index (χ1) is 13.3. The van der Waals surface area contributed by atoms with Gasteiger partial charge in [0.15, 0.2) is 5.82 Å². The zero-order valence-corrected chi connectivity index (χ0v) is 16.3. The number of rotatable bonds is 5. The molecule has 0 aliphatic heterocycles. The molecule has 0 bridgehead atoms. The van der Waals surface area contributed by atoms with Gasteiger partial charge in [0.1, 0.15) is 0 Å². The van der Waals surface area contributed by atoms with Crippen molar-refractivity contribution in [2.45, 2.75) is 17.9 Å². The maximum Gasteiger partial charge on any atom is 0.257 e. The van der Waals surface area contributed by atoms with Gasteiger partial charge in [0.2, 0.25) is 10.0 Å². The van der Waals surface area contributed by atoms with Crippen molar-refractivity contribution < 1.29 is 13.2 Å². The molecule has 0 saturated heterocycles. The van der Waals surface area contributed by atoms with Gasteiger partial charge >= 0.3 is 0 Å². The van der Waals surface area contributed by atoms with E-state index in [0.717, 1.165) is 11.1 Å². The van der Waals surface area contributed by atoms with Crippen molar-refractivity contribution in [1.82, 2.24) is 14.9 Å². The molecule has 3 aromatic rings. The number of aromatic nitrogens is 2. The summed E-state index contributed by atoms with van der Waals surface area (Å²) in [6, 6.07) is 15.4. The monoisotopic (exact) mass is 396 g/mol. The number of amides is 1. The molecule has 0 spiro atoms. The zero-order chi connectivity index (χ0) is 20.3. The second-order valence-corrected chi connectivity index (χ2v) is 7.93. The van der Waals surface area contributed by atoms with Crippen molar-refractivity contribution in [3.63, 3.8) is 0 Å². The number of carbonyl (C=O) groups is 1. The molecule has 0 aliphatic rings. The Kier molecular flexibility index (Phi) is 5.53. The Morgan fingerprint density at radius 3 is 2.11 bits per heavy atom. The second-order valence-electron chi connectivity index (χ2n) is 6.37. The zero-order valence-electron chi connectivity index (χ0n) is 15.5. The molecule has 144 valence electrons. The van der Waals surface area contributed by atoms with Crippen LogP contribution in [0.2, 0.25) is 0 Å². The van der Waals surface area contributed by atoms with Gasteiger partial charge in [0.05, 0.1) is 16.5 Å². The van der Waals surface area contributed by atoms with Crippen molar-refractivity contribution in [2.24, 2.45) is 5.14 Å². The molecular formula is C20H20N4O3S. The first-order valence-electron chi connectivity index (χ1n) is 8.55. The Bertz CT molecular complexity index is 1070. The quantitative estimate of drug-likeness (QED) is 0.713. The van der Waals surface area contributed by atoms with E-state index in [0.29, 0.717) is 11.4 Å². The fourth-order valence-electron chi connectivity index (χ4n) is 2.71. The maximum atomic E-state index is 12.8. The highest BCUT2D eigenvalue weighted by atomic mass is 32.2. The van der Waals surface area contributed by atoms with Crippen LogP contribution in [0.3, 0.4) is 0 Å². The summed E-state index contributed by atoms with van der Waals surface area (Å²) in [5.41, 5.74) is 2.03. The van der Waals surface area contributed by atoms with E-state index in [1.54, 1.807) is 24.1 Å². The molecule has 7 nitrogen and oxygen atoms in total. The molecule has 1 unspecified atom stereocenters. The van der Waals surface area contributed by atoms with Crippen molar-refractivity contribution in [3.05, 3.63) is 78.1 Å². The number of hydrogen-bond donors (Lipinski definition) is 1. The molecule has 1 atom stereocenters. The third kappa shape index (κ3) is 4.24. The average Bonchev–Trinajstić information content (AvgIpc) is 2.72. The molecule has 2 aromatic carbocycles. The van der Waals surface area contributed by atoms with Crippen LogP contribution < -0.4 is 5.14 Å². The molecule has 1 aromatic heterocycles. The lowest BCUT2D eigenvalue weighted by Crippen LogP contribution is -2.30. The van der Waals surface area contributed by atoms with Crippen molar-refractivity contribution in [3.8, 4) is 11.4 Å². The van der Waals surface area contributed by atoms with Crippen molar-refractivity contribution in [1.29, 1.82) is 0 Å². The van der Waals surface area contributed by atoms with Crippen molar-refractivity contribution in [2.75, 3.05) is 7.05 Å². The summed E-state index contributed by atoms with van der Waals surface area (Å²) >= 11 is 0. The number of nitrogens with two attached hydrogens (primary N) is 1. The number of sulfonamides is 1. The van der Waals surface area contributed by atoms with Gasteiger partial charge in [-0.2, -0.15) is 0 Å². The van der Waals surface area contributed by atoms with Gasteiger partial charge in [-0.05, 0) is 24.6 Å². The lowest BCUT2D eigenvalue weighted by atomic mass is 10.1. The highest BCUT2D eigenvalue weighted by Crippen LogP contribution is 2.22. The third-order valence-corrected chi connectivity index (χ3v) is 5.45. The second kappa shape index (κ2) is 7.87. The number of nitrogens with zero attached hydrogens (tertiary/aromatic N) is 3. The summed E-state index contributed by atoms with van der Waals surface area (Å²) < 4.78 is 22.7. The van der Waals surface area contributed by atoms with Gasteiger partial charge in [0, 0.05) is 25.0 Å². The van der Waals surface area contributed by atoms with Gasteiger partial charge < -0.3 is 4.90 Å². The lowest BCUT2D eigenvalue weighted by molar-refractivity contribution is 0.0741. The van der Waals surface area contributed by atoms with E-state index in [4.69, 9.17) is 5.14 Å². The average molecular weight is 396 g/mol. The summed E-state index contributed by atoms with van der Waals surface area (Å²) in [6.45, 7) is 1.85. The first kappa shape index (κ1) is 19.7. The van der Waals surface area contributed by atoms with E-state index in [1.807, 2.05) is 37.3 Å². The summed E-state index contributed by atoms with van der Waals surface area (Å²) in [7, 11) is -2.08. The molecule has 0 saturated carbocycles. The Morgan fingerprint density at radius 1 is 1.00 bits per heavy atom. The maximum absolute atomic E-state index is 12.8. The SMILES string of the molecule is CC(c1ccc(S(N)(=O)=O)cc1)N(C)C(=O)c1cnc(-c2ccccc2)nc1. The fourth-order valence-corrected chi connectivity index (χ4v) is 3.23. The molecule has 28 heavy (non-hydrogen) atoms. The van der Waals surface area contributed by atoms with Crippen LogP contribution in [0.4, 0.5) is 0 Å². The number of hydrogen-bond acceptors (Lipinski definition) is 5. The van der Waals surface area contributed by atoms with Crippen LogP contribution in [0.15, 0.2) is 71.9 Å². The number of primary sulfonamides is 1. The molecular weight excluding hydrogens is 376 g/mol. The van der Waals surface area contributed by atoms with E-state index in [9.17, 15) is 13.2 Å². The molecule has 3 rings (SSSR count). The van der Waals surface area contributed by atoms with Crippen LogP contribution in [0.25, 0.3) is 11.4 Å². The smallest absolute Gasteiger partial charge is 0.257 e. The van der Waals surface area contributed by atoms with Gasteiger partial charge in [-0.3, -0.25) is 4.79 Å². The van der Waals surface area contributed by atoms with Crippen molar-refractivity contribution >= 4 is 15.9 Å². The summed E-state index contributed by atoms with van der Waals surface area (Å²) in [5.74, 6) is 0.314. The molecule has 0 radical (unpaired) electrons.